The summed E-state index contributed by atoms with van der Waals surface area (Å²) >= 11 is 0. The van der Waals surface area contributed by atoms with Crippen LogP contribution in [-0.4, -0.2) is 34.5 Å². The van der Waals surface area contributed by atoms with Crippen LogP contribution < -0.4 is 14.4 Å². The zero-order valence-corrected chi connectivity index (χ0v) is 18.8. The average molecular weight is 441 g/mol. The first-order chi connectivity index (χ1) is 16.0. The molecule has 4 rings (SSSR count). The minimum absolute atomic E-state index is 0.205. The summed E-state index contributed by atoms with van der Waals surface area (Å²) in [6.07, 6.45) is 1.54. The molecule has 2 aromatic heterocycles. The van der Waals surface area contributed by atoms with Crippen molar-refractivity contribution in [1.29, 1.82) is 5.26 Å². The van der Waals surface area contributed by atoms with Crippen LogP contribution in [0.3, 0.4) is 0 Å². The molecule has 0 aliphatic carbocycles. The summed E-state index contributed by atoms with van der Waals surface area (Å²) in [5, 5.41) is 10.0. The first-order valence-electron chi connectivity index (χ1n) is 10.2. The molecular formula is C26H23N3O4. The molecule has 0 amide bonds. The number of anilines is 1. The maximum Gasteiger partial charge on any atom is 0.238 e. The highest BCUT2D eigenvalue weighted by Crippen LogP contribution is 2.43. The van der Waals surface area contributed by atoms with E-state index in [1.807, 2.05) is 79.7 Å². The number of hydrogen-bond donors (Lipinski definition) is 0. The Morgan fingerprint density at radius 2 is 1.45 bits per heavy atom. The normalized spacial score (nSPS) is 10.9. The maximum absolute atomic E-state index is 10.0. The van der Waals surface area contributed by atoms with Crippen LogP contribution in [0, 0.1) is 11.3 Å². The van der Waals surface area contributed by atoms with Crippen molar-refractivity contribution in [2.45, 2.75) is 0 Å². The Balaban J connectivity index is 1.83. The fourth-order valence-electron chi connectivity index (χ4n) is 3.37. The molecule has 0 saturated carbocycles. The van der Waals surface area contributed by atoms with Gasteiger partial charge in [-0.15, -0.1) is 0 Å². The molecule has 2 aromatic carbocycles. The molecule has 0 N–H and O–H groups in total. The van der Waals surface area contributed by atoms with Crippen LogP contribution in [0.2, 0.25) is 0 Å². The van der Waals surface area contributed by atoms with Crippen molar-refractivity contribution in [3.05, 3.63) is 72.0 Å². The Labute approximate surface area is 192 Å². The van der Waals surface area contributed by atoms with Crippen LogP contribution >= 0.6 is 0 Å². The summed E-state index contributed by atoms with van der Waals surface area (Å²) < 4.78 is 22.4. The van der Waals surface area contributed by atoms with Crippen LogP contribution in [0.1, 0.15) is 11.3 Å². The Morgan fingerprint density at radius 3 is 1.97 bits per heavy atom. The number of methoxy groups -OCH3 is 2. The minimum Gasteiger partial charge on any atom is -0.497 e. The third-order valence-electron chi connectivity index (χ3n) is 5.09. The van der Waals surface area contributed by atoms with Crippen LogP contribution in [0.5, 0.6) is 11.5 Å². The van der Waals surface area contributed by atoms with Gasteiger partial charge in [-0.2, -0.15) is 5.26 Å². The number of benzene rings is 2. The van der Waals surface area contributed by atoms with Crippen molar-refractivity contribution in [2.24, 2.45) is 4.99 Å². The lowest BCUT2D eigenvalue weighted by Crippen LogP contribution is -2.06. The zero-order valence-electron chi connectivity index (χ0n) is 18.8. The second-order valence-electron chi connectivity index (χ2n) is 7.38. The Morgan fingerprint density at radius 1 is 0.848 bits per heavy atom. The quantitative estimate of drug-likeness (QED) is 0.331. The molecule has 7 nitrogen and oxygen atoms in total. The van der Waals surface area contributed by atoms with Crippen molar-refractivity contribution in [1.82, 2.24) is 0 Å². The molecular weight excluding hydrogens is 418 g/mol. The smallest absolute Gasteiger partial charge is 0.238 e. The Kier molecular flexibility index (Phi) is 6.18. The third kappa shape index (κ3) is 4.46. The lowest BCUT2D eigenvalue weighted by molar-refractivity contribution is 0.414. The van der Waals surface area contributed by atoms with Crippen molar-refractivity contribution < 1.29 is 18.3 Å². The lowest BCUT2D eigenvalue weighted by Gasteiger charge is -2.06. The van der Waals surface area contributed by atoms with E-state index in [1.165, 1.54) is 0 Å². The molecule has 0 fully saturated rings. The van der Waals surface area contributed by atoms with Crippen molar-refractivity contribution in [3.63, 3.8) is 0 Å². The summed E-state index contributed by atoms with van der Waals surface area (Å²) in [7, 11) is 7.01. The molecule has 166 valence electrons. The van der Waals surface area contributed by atoms with Gasteiger partial charge >= 0.3 is 0 Å². The van der Waals surface area contributed by atoms with Gasteiger partial charge in [0.05, 0.1) is 20.4 Å². The van der Waals surface area contributed by atoms with Gasteiger partial charge in [0.2, 0.25) is 5.88 Å². The standard InChI is InChI=1S/C26H23N3O4/c1-29(2)23-14-13-21(32-23)16-28-26-22(15-27)24(17-5-9-19(30-3)10-6-17)25(33-26)18-7-11-20(31-4)12-8-18/h5-14,16H,1-4H3. The molecule has 0 unspecified atom stereocenters. The highest BCUT2D eigenvalue weighted by atomic mass is 16.5. The monoisotopic (exact) mass is 441 g/mol. The Hall–Kier alpha value is -4.44. The largest absolute Gasteiger partial charge is 0.497 e. The van der Waals surface area contributed by atoms with E-state index in [2.05, 4.69) is 11.1 Å². The molecule has 0 radical (unpaired) electrons. The van der Waals surface area contributed by atoms with Crippen LogP contribution in [0.4, 0.5) is 11.8 Å². The van der Waals surface area contributed by atoms with Gasteiger partial charge in [-0.1, -0.05) is 12.1 Å². The first kappa shape index (κ1) is 21.8. The van der Waals surface area contributed by atoms with Crippen LogP contribution in [0.15, 0.2) is 74.5 Å². The van der Waals surface area contributed by atoms with Gasteiger partial charge in [0.25, 0.3) is 0 Å². The number of nitriles is 1. The van der Waals surface area contributed by atoms with E-state index < -0.39 is 0 Å². The molecule has 0 bridgehead atoms. The van der Waals surface area contributed by atoms with Gasteiger partial charge in [0.1, 0.15) is 34.7 Å². The highest BCUT2D eigenvalue weighted by molar-refractivity contribution is 5.89. The molecule has 33 heavy (non-hydrogen) atoms. The van der Waals surface area contributed by atoms with Crippen molar-refractivity contribution >= 4 is 18.0 Å². The lowest BCUT2D eigenvalue weighted by atomic mass is 9.98. The van der Waals surface area contributed by atoms with E-state index in [0.29, 0.717) is 28.5 Å². The van der Waals surface area contributed by atoms with E-state index >= 15 is 0 Å². The van der Waals surface area contributed by atoms with E-state index in [0.717, 1.165) is 22.6 Å². The van der Waals surface area contributed by atoms with Gasteiger partial charge in [-0.3, -0.25) is 0 Å². The zero-order chi connectivity index (χ0) is 23.4. The third-order valence-corrected chi connectivity index (χ3v) is 5.09. The minimum atomic E-state index is 0.205. The SMILES string of the molecule is COc1ccc(-c2oc(N=Cc3ccc(N(C)C)o3)c(C#N)c2-c2ccc(OC)cc2)cc1. The summed E-state index contributed by atoms with van der Waals surface area (Å²) in [5.74, 6) is 3.45. The molecule has 0 atom stereocenters. The predicted molar refractivity (Wildman–Crippen MR) is 128 cm³/mol. The molecule has 0 saturated heterocycles. The summed E-state index contributed by atoms with van der Waals surface area (Å²) in [6.45, 7) is 0. The van der Waals surface area contributed by atoms with E-state index in [1.54, 1.807) is 20.4 Å². The average Bonchev–Trinajstić information content (AvgIpc) is 3.47. The van der Waals surface area contributed by atoms with Gasteiger partial charge < -0.3 is 23.2 Å². The molecule has 2 heterocycles. The van der Waals surface area contributed by atoms with Gasteiger partial charge in [0, 0.05) is 31.3 Å². The second kappa shape index (κ2) is 9.37. The molecule has 4 aromatic rings. The molecule has 0 aliphatic rings. The number of ether oxygens (including phenoxy) is 2. The van der Waals surface area contributed by atoms with Crippen LogP contribution in [0.25, 0.3) is 22.5 Å². The molecule has 7 heteroatoms. The molecule has 0 aliphatic heterocycles. The topological polar surface area (TPSA) is 84.1 Å². The van der Waals surface area contributed by atoms with Gasteiger partial charge in [0.15, 0.2) is 5.88 Å². The highest BCUT2D eigenvalue weighted by Gasteiger charge is 2.23. The number of furan rings is 2. The molecule has 0 spiro atoms. The van der Waals surface area contributed by atoms with E-state index in [4.69, 9.17) is 18.3 Å². The number of aliphatic imine (C=N–C) groups is 1. The number of nitrogens with zero attached hydrogens (tertiary/aromatic N) is 3. The summed E-state index contributed by atoms with van der Waals surface area (Å²) in [6, 6.07) is 20.8. The van der Waals surface area contributed by atoms with Gasteiger partial charge in [-0.05, 0) is 48.0 Å². The first-order valence-corrected chi connectivity index (χ1v) is 10.2. The maximum atomic E-state index is 10.0. The fourth-order valence-corrected chi connectivity index (χ4v) is 3.37. The van der Waals surface area contributed by atoms with Crippen LogP contribution in [-0.2, 0) is 0 Å². The van der Waals surface area contributed by atoms with Gasteiger partial charge in [-0.25, -0.2) is 4.99 Å². The fraction of sp³-hybridized carbons (Fsp3) is 0.154. The summed E-state index contributed by atoms with van der Waals surface area (Å²) in [5.41, 5.74) is 2.61. The van der Waals surface area contributed by atoms with E-state index in [-0.39, 0.29) is 5.88 Å². The van der Waals surface area contributed by atoms with Crippen molar-refractivity contribution in [3.8, 4) is 40.0 Å². The Bertz CT molecular complexity index is 1310. The predicted octanol–water partition coefficient (Wildman–Crippen LogP) is 5.91. The second-order valence-corrected chi connectivity index (χ2v) is 7.38. The summed E-state index contributed by atoms with van der Waals surface area (Å²) in [4.78, 5) is 6.30. The van der Waals surface area contributed by atoms with E-state index in [9.17, 15) is 5.26 Å². The number of rotatable bonds is 7. The van der Waals surface area contributed by atoms with Crippen molar-refractivity contribution in [2.75, 3.05) is 33.2 Å². The number of hydrogen-bond acceptors (Lipinski definition) is 7.